The molecule has 5 rings (SSSR count). The van der Waals surface area contributed by atoms with E-state index in [2.05, 4.69) is 5.32 Å². The molecule has 1 aromatic heterocycles. The lowest BCUT2D eigenvalue weighted by Gasteiger charge is -2.56. The average molecular weight is 390 g/mol. The number of hydrogen-bond donors (Lipinski definition) is 1. The smallest absolute Gasteiger partial charge is 0.326 e. The van der Waals surface area contributed by atoms with Crippen LogP contribution < -0.4 is 5.32 Å². The van der Waals surface area contributed by atoms with Crippen molar-refractivity contribution in [1.82, 2.24) is 5.32 Å². The van der Waals surface area contributed by atoms with E-state index in [0.717, 1.165) is 24.1 Å². The second-order valence-electron chi connectivity index (χ2n) is 8.79. The Labute approximate surface area is 163 Å². The number of Topliss-reactive ketones (excluding diaryl/α,β-unsaturated/α-hetero) is 1. The first kappa shape index (κ1) is 18.7. The van der Waals surface area contributed by atoms with Gasteiger partial charge in [-0.25, -0.2) is 0 Å². The van der Waals surface area contributed by atoms with Gasteiger partial charge in [0.2, 0.25) is 0 Å². The van der Waals surface area contributed by atoms with E-state index in [0.29, 0.717) is 22.6 Å². The van der Waals surface area contributed by atoms with Crippen molar-refractivity contribution in [2.75, 3.05) is 6.54 Å². The van der Waals surface area contributed by atoms with E-state index in [-0.39, 0.29) is 23.7 Å². The molecule has 1 unspecified atom stereocenters. The number of thiophene rings is 1. The first-order chi connectivity index (χ1) is 12.8. The Kier molecular flexibility index (Phi) is 4.87. The van der Waals surface area contributed by atoms with E-state index in [1.54, 1.807) is 13.0 Å². The van der Waals surface area contributed by atoms with Gasteiger partial charge in [-0.05, 0) is 82.3 Å². The van der Waals surface area contributed by atoms with E-state index in [1.807, 2.05) is 13.0 Å². The minimum atomic E-state index is -0.741. The van der Waals surface area contributed by atoms with Crippen molar-refractivity contribution in [2.45, 2.75) is 58.5 Å². The summed E-state index contributed by atoms with van der Waals surface area (Å²) in [6.45, 7) is 3.39. The molecule has 0 spiro atoms. The van der Waals surface area contributed by atoms with Crippen molar-refractivity contribution in [1.29, 1.82) is 0 Å². The summed E-state index contributed by atoms with van der Waals surface area (Å²) in [7, 11) is 0. The molecule has 4 aliphatic carbocycles. The van der Waals surface area contributed by atoms with E-state index in [4.69, 9.17) is 4.74 Å². The van der Waals surface area contributed by atoms with Gasteiger partial charge in [0, 0.05) is 10.3 Å². The van der Waals surface area contributed by atoms with Gasteiger partial charge >= 0.3 is 5.97 Å². The molecule has 0 radical (unpaired) electrons. The van der Waals surface area contributed by atoms with Crippen molar-refractivity contribution in [2.24, 2.45) is 23.2 Å². The lowest BCUT2D eigenvalue weighted by molar-refractivity contribution is -0.164. The quantitative estimate of drug-likeness (QED) is 0.756. The lowest BCUT2D eigenvalue weighted by Crippen LogP contribution is -2.53. The highest BCUT2D eigenvalue weighted by atomic mass is 32.1. The maximum Gasteiger partial charge on any atom is 0.326 e. The Hall–Kier alpha value is -1.69. The van der Waals surface area contributed by atoms with Crippen molar-refractivity contribution < 1.29 is 19.1 Å². The fourth-order valence-electron chi connectivity index (χ4n) is 5.93. The van der Waals surface area contributed by atoms with Gasteiger partial charge < -0.3 is 10.1 Å². The number of carbonyl (C=O) groups is 3. The summed E-state index contributed by atoms with van der Waals surface area (Å²) in [5.41, 5.74) is -0.272. The molecule has 5 nitrogen and oxygen atoms in total. The second-order valence-corrected chi connectivity index (χ2v) is 10.1. The van der Waals surface area contributed by atoms with Crippen LogP contribution in [0.25, 0.3) is 0 Å². The molecule has 27 heavy (non-hydrogen) atoms. The lowest BCUT2D eigenvalue weighted by atomic mass is 9.48. The van der Waals surface area contributed by atoms with Crippen molar-refractivity contribution in [3.8, 4) is 0 Å². The number of nitrogens with one attached hydrogen (secondary N) is 1. The number of carbonyl (C=O) groups excluding carboxylic acids is 3. The van der Waals surface area contributed by atoms with Gasteiger partial charge in [-0.15, -0.1) is 11.3 Å². The number of ether oxygens (including phenoxy) is 1. The first-order valence-electron chi connectivity index (χ1n) is 9.93. The Balaban J connectivity index is 1.31. The van der Waals surface area contributed by atoms with Crippen molar-refractivity contribution in [3.63, 3.8) is 0 Å². The number of esters is 1. The Bertz CT molecular complexity index is 733. The molecule has 0 aromatic carbocycles. The number of rotatable bonds is 6. The van der Waals surface area contributed by atoms with E-state index < -0.39 is 12.1 Å². The standard InChI is InChI=1S/C21H27NO4S/c1-12-3-4-17(27-12)20(25)22-11-18(23)26-13(2)19(24)21-8-14-5-15(9-21)7-16(6-14)10-21/h3-4,13-16H,5-11H2,1-2H3,(H,22,25). The fourth-order valence-corrected chi connectivity index (χ4v) is 6.72. The van der Waals surface area contributed by atoms with Gasteiger partial charge in [0.15, 0.2) is 11.9 Å². The molecule has 6 heteroatoms. The zero-order valence-electron chi connectivity index (χ0n) is 16.0. The van der Waals surface area contributed by atoms with E-state index in [9.17, 15) is 14.4 Å². The zero-order chi connectivity index (χ0) is 19.2. The van der Waals surface area contributed by atoms with Gasteiger partial charge in [0.05, 0.1) is 4.88 Å². The molecule has 4 aliphatic rings. The highest BCUT2D eigenvalue weighted by Gasteiger charge is 2.55. The monoisotopic (exact) mass is 389 g/mol. The summed E-state index contributed by atoms with van der Waals surface area (Å²) in [5.74, 6) is 1.28. The topological polar surface area (TPSA) is 72.5 Å². The summed E-state index contributed by atoms with van der Waals surface area (Å²) < 4.78 is 5.39. The molecule has 1 atom stereocenters. The van der Waals surface area contributed by atoms with E-state index in [1.165, 1.54) is 30.6 Å². The second kappa shape index (κ2) is 7.04. The minimum Gasteiger partial charge on any atom is -0.453 e. The number of aryl methyl sites for hydroxylation is 1. The fraction of sp³-hybridized carbons (Fsp3) is 0.667. The van der Waals surface area contributed by atoms with Crippen LogP contribution >= 0.6 is 11.3 Å². The molecule has 4 bridgehead atoms. The van der Waals surface area contributed by atoms with Crippen molar-refractivity contribution in [3.05, 3.63) is 21.9 Å². The maximum absolute atomic E-state index is 13.1. The molecule has 4 saturated carbocycles. The number of ketones is 1. The molecule has 146 valence electrons. The SMILES string of the molecule is Cc1ccc(C(=O)NCC(=O)OC(C)C(=O)C23CC4CC(CC(C4)C2)C3)s1. The van der Waals surface area contributed by atoms with Crippen LogP contribution in [0.1, 0.15) is 60.0 Å². The third kappa shape index (κ3) is 3.68. The highest BCUT2D eigenvalue weighted by molar-refractivity contribution is 7.13. The van der Waals surface area contributed by atoms with Crippen LogP contribution in [0.4, 0.5) is 0 Å². The molecule has 0 saturated heterocycles. The number of amides is 1. The summed E-state index contributed by atoms with van der Waals surface area (Å²) in [6, 6.07) is 3.60. The molecule has 0 aliphatic heterocycles. The molecular formula is C21H27NO4S. The minimum absolute atomic E-state index is 0.0927. The Morgan fingerprint density at radius 1 is 1.15 bits per heavy atom. The van der Waals surface area contributed by atoms with Gasteiger partial charge in [-0.1, -0.05) is 0 Å². The van der Waals surface area contributed by atoms with Crippen LogP contribution in [-0.2, 0) is 14.3 Å². The van der Waals surface area contributed by atoms with Crippen LogP contribution in [-0.4, -0.2) is 30.3 Å². The zero-order valence-corrected chi connectivity index (χ0v) is 16.8. The van der Waals surface area contributed by atoms with E-state index >= 15 is 0 Å². The van der Waals surface area contributed by atoms with Gasteiger partial charge in [-0.3, -0.25) is 14.4 Å². The third-order valence-corrected chi connectivity index (χ3v) is 7.60. The van der Waals surface area contributed by atoms with Crippen LogP contribution in [0.3, 0.4) is 0 Å². The molecule has 1 aromatic rings. The van der Waals surface area contributed by atoms with Crippen LogP contribution in [0, 0.1) is 30.1 Å². The normalized spacial score (nSPS) is 32.1. The van der Waals surface area contributed by atoms with Crippen LogP contribution in [0.2, 0.25) is 0 Å². The summed E-state index contributed by atoms with van der Waals surface area (Å²) >= 11 is 1.38. The predicted octanol–water partition coefficient (Wildman–Crippen LogP) is 3.50. The van der Waals surface area contributed by atoms with Gasteiger partial charge in [-0.2, -0.15) is 0 Å². The largest absolute Gasteiger partial charge is 0.453 e. The molecule has 4 fully saturated rings. The Morgan fingerprint density at radius 3 is 2.26 bits per heavy atom. The Morgan fingerprint density at radius 2 is 1.74 bits per heavy atom. The first-order valence-corrected chi connectivity index (χ1v) is 10.7. The third-order valence-electron chi connectivity index (χ3n) is 6.60. The molecular weight excluding hydrogens is 362 g/mol. The highest BCUT2D eigenvalue weighted by Crippen LogP contribution is 2.60. The molecule has 1 amide bonds. The van der Waals surface area contributed by atoms with Crippen LogP contribution in [0.15, 0.2) is 12.1 Å². The average Bonchev–Trinajstić information content (AvgIpc) is 3.04. The van der Waals surface area contributed by atoms with Crippen molar-refractivity contribution >= 4 is 29.0 Å². The predicted molar refractivity (Wildman–Crippen MR) is 103 cm³/mol. The maximum atomic E-state index is 13.1. The summed E-state index contributed by atoms with van der Waals surface area (Å²) in [6.07, 6.45) is 5.98. The summed E-state index contributed by atoms with van der Waals surface area (Å²) in [4.78, 5) is 38.9. The summed E-state index contributed by atoms with van der Waals surface area (Å²) in [5, 5.41) is 2.58. The number of hydrogen-bond acceptors (Lipinski definition) is 5. The molecule has 1 heterocycles. The molecule has 1 N–H and O–H groups in total. The van der Waals surface area contributed by atoms with Crippen LogP contribution in [0.5, 0.6) is 0 Å². The van der Waals surface area contributed by atoms with Gasteiger partial charge in [0.25, 0.3) is 5.91 Å². The van der Waals surface area contributed by atoms with Gasteiger partial charge in [0.1, 0.15) is 6.54 Å².